The third-order valence-electron chi connectivity index (χ3n) is 3.71. The number of rotatable bonds is 6. The van der Waals surface area contributed by atoms with Crippen LogP contribution in [0, 0.1) is 13.8 Å². The third kappa shape index (κ3) is 4.89. The second-order valence-corrected chi connectivity index (χ2v) is 8.27. The molecule has 0 saturated heterocycles. The summed E-state index contributed by atoms with van der Waals surface area (Å²) in [7, 11) is -2.16. The molecule has 8 heteroatoms. The Balaban J connectivity index is 2.27. The number of methoxy groups -OCH3 is 1. The van der Waals surface area contributed by atoms with Crippen molar-refractivity contribution in [2.75, 3.05) is 29.5 Å². The highest BCUT2D eigenvalue weighted by molar-refractivity contribution is 7.92. The first-order valence-corrected chi connectivity index (χ1v) is 10.0. The second kappa shape index (κ2) is 7.97. The van der Waals surface area contributed by atoms with Gasteiger partial charge in [0, 0.05) is 5.69 Å². The van der Waals surface area contributed by atoms with Crippen LogP contribution in [0.4, 0.5) is 11.4 Å². The van der Waals surface area contributed by atoms with Crippen LogP contribution in [0.1, 0.15) is 11.1 Å². The van der Waals surface area contributed by atoms with Crippen molar-refractivity contribution in [2.24, 2.45) is 0 Å². The first-order chi connectivity index (χ1) is 12.1. The smallest absolute Gasteiger partial charge is 0.245 e. The first-order valence-electron chi connectivity index (χ1n) is 7.80. The molecule has 26 heavy (non-hydrogen) atoms. The van der Waals surface area contributed by atoms with Gasteiger partial charge in [0.1, 0.15) is 12.3 Å². The maximum Gasteiger partial charge on any atom is 0.245 e. The minimum Gasteiger partial charge on any atom is -0.497 e. The van der Waals surface area contributed by atoms with Crippen molar-refractivity contribution < 1.29 is 17.9 Å². The number of hydrogen-bond donors (Lipinski definition) is 1. The molecule has 0 unspecified atom stereocenters. The molecule has 2 rings (SSSR count). The van der Waals surface area contributed by atoms with Gasteiger partial charge in [-0.2, -0.15) is 0 Å². The summed E-state index contributed by atoms with van der Waals surface area (Å²) >= 11 is 6.26. The Kier molecular flexibility index (Phi) is 6.15. The summed E-state index contributed by atoms with van der Waals surface area (Å²) in [6.07, 6.45) is 1.04. The molecule has 0 radical (unpaired) electrons. The fourth-order valence-electron chi connectivity index (χ4n) is 2.59. The highest BCUT2D eigenvalue weighted by Crippen LogP contribution is 2.32. The maximum absolute atomic E-state index is 12.4. The Morgan fingerprint density at radius 3 is 2.31 bits per heavy atom. The van der Waals surface area contributed by atoms with E-state index in [1.165, 1.54) is 0 Å². The molecular formula is C18H21ClN2O4S. The zero-order valence-corrected chi connectivity index (χ0v) is 16.6. The SMILES string of the molecule is COc1ccc(NC(=O)CN(c2c(C)cc(C)cc2Cl)S(C)(=O)=O)cc1. The summed E-state index contributed by atoms with van der Waals surface area (Å²) in [4.78, 5) is 12.4. The van der Waals surface area contributed by atoms with Crippen molar-refractivity contribution in [1.29, 1.82) is 0 Å². The standard InChI is InChI=1S/C18H21ClN2O4S/c1-12-9-13(2)18(16(19)10-12)21(26(4,23)24)11-17(22)20-14-5-7-15(25-3)8-6-14/h5-10H,11H2,1-4H3,(H,20,22). The van der Waals surface area contributed by atoms with E-state index in [-0.39, 0.29) is 11.6 Å². The minimum atomic E-state index is -3.71. The van der Waals surface area contributed by atoms with Crippen LogP contribution in [0.2, 0.25) is 5.02 Å². The number of sulfonamides is 1. The Morgan fingerprint density at radius 2 is 1.81 bits per heavy atom. The molecule has 2 aromatic carbocycles. The molecular weight excluding hydrogens is 376 g/mol. The summed E-state index contributed by atoms with van der Waals surface area (Å²) in [6, 6.07) is 10.2. The van der Waals surface area contributed by atoms with Gasteiger partial charge in [-0.15, -0.1) is 0 Å². The van der Waals surface area contributed by atoms with Crippen molar-refractivity contribution in [2.45, 2.75) is 13.8 Å². The van der Waals surface area contributed by atoms with Gasteiger partial charge in [-0.3, -0.25) is 9.10 Å². The summed E-state index contributed by atoms with van der Waals surface area (Å²) in [5.41, 5.74) is 2.44. The van der Waals surface area contributed by atoms with E-state index < -0.39 is 15.9 Å². The van der Waals surface area contributed by atoms with Crippen molar-refractivity contribution in [3.05, 3.63) is 52.5 Å². The van der Waals surface area contributed by atoms with Gasteiger partial charge in [-0.1, -0.05) is 17.7 Å². The van der Waals surface area contributed by atoms with Gasteiger partial charge >= 0.3 is 0 Å². The number of halogens is 1. The molecule has 6 nitrogen and oxygen atoms in total. The Labute approximate surface area is 158 Å². The van der Waals surface area contributed by atoms with Crippen LogP contribution in [-0.4, -0.2) is 34.2 Å². The zero-order valence-electron chi connectivity index (χ0n) is 15.0. The number of amides is 1. The first kappa shape index (κ1) is 20.1. The van der Waals surface area contributed by atoms with Gasteiger partial charge in [-0.25, -0.2) is 8.42 Å². The summed E-state index contributed by atoms with van der Waals surface area (Å²) in [5, 5.41) is 2.95. The number of anilines is 2. The number of ether oxygens (including phenoxy) is 1. The summed E-state index contributed by atoms with van der Waals surface area (Å²) in [6.45, 7) is 3.24. The fraction of sp³-hybridized carbons (Fsp3) is 0.278. The molecule has 0 saturated carbocycles. The van der Waals surface area contributed by atoms with Gasteiger partial charge in [0.15, 0.2) is 0 Å². The van der Waals surface area contributed by atoms with Crippen molar-refractivity contribution in [3.63, 3.8) is 0 Å². The predicted octanol–water partition coefficient (Wildman–Crippen LogP) is 3.37. The highest BCUT2D eigenvalue weighted by Gasteiger charge is 2.25. The highest BCUT2D eigenvalue weighted by atomic mass is 35.5. The van der Waals surface area contributed by atoms with Crippen LogP contribution in [0.25, 0.3) is 0 Å². The zero-order chi connectivity index (χ0) is 19.5. The molecule has 0 bridgehead atoms. The molecule has 2 aromatic rings. The average molecular weight is 397 g/mol. The lowest BCUT2D eigenvalue weighted by Gasteiger charge is -2.25. The van der Waals surface area contributed by atoms with Crippen LogP contribution >= 0.6 is 11.6 Å². The Morgan fingerprint density at radius 1 is 1.19 bits per heavy atom. The number of aryl methyl sites for hydroxylation is 2. The van der Waals surface area contributed by atoms with Gasteiger partial charge in [-0.05, 0) is 55.3 Å². The molecule has 0 aromatic heterocycles. The van der Waals surface area contributed by atoms with E-state index >= 15 is 0 Å². The molecule has 0 aliphatic rings. The number of carbonyl (C=O) groups excluding carboxylic acids is 1. The van der Waals surface area contributed by atoms with Crippen LogP contribution in [0.5, 0.6) is 5.75 Å². The van der Waals surface area contributed by atoms with E-state index in [4.69, 9.17) is 16.3 Å². The van der Waals surface area contributed by atoms with Crippen molar-refractivity contribution in [3.8, 4) is 5.75 Å². The average Bonchev–Trinajstić information content (AvgIpc) is 2.53. The normalized spacial score (nSPS) is 11.1. The lowest BCUT2D eigenvalue weighted by molar-refractivity contribution is -0.114. The molecule has 0 aliphatic carbocycles. The van der Waals surface area contributed by atoms with Crippen LogP contribution < -0.4 is 14.4 Å². The monoisotopic (exact) mass is 396 g/mol. The van der Waals surface area contributed by atoms with Crippen LogP contribution in [-0.2, 0) is 14.8 Å². The van der Waals surface area contributed by atoms with Crippen molar-refractivity contribution >= 4 is 38.9 Å². The molecule has 0 aliphatic heterocycles. The Bertz CT molecular complexity index is 888. The minimum absolute atomic E-state index is 0.283. The molecule has 1 N–H and O–H groups in total. The van der Waals surface area contributed by atoms with E-state index in [1.54, 1.807) is 44.4 Å². The molecule has 140 valence electrons. The number of benzene rings is 2. The van der Waals surface area contributed by atoms with Crippen LogP contribution in [0.3, 0.4) is 0 Å². The second-order valence-electron chi connectivity index (χ2n) is 5.96. The maximum atomic E-state index is 12.4. The molecule has 1 amide bonds. The number of nitrogens with one attached hydrogen (secondary N) is 1. The van der Waals surface area contributed by atoms with E-state index in [9.17, 15) is 13.2 Å². The van der Waals surface area contributed by atoms with Gasteiger partial charge in [0.05, 0.1) is 24.1 Å². The molecule has 0 atom stereocenters. The van der Waals surface area contributed by atoms with E-state index in [2.05, 4.69) is 5.32 Å². The number of carbonyl (C=O) groups is 1. The van der Waals surface area contributed by atoms with Gasteiger partial charge in [0.25, 0.3) is 0 Å². The quantitative estimate of drug-likeness (QED) is 0.812. The molecule has 0 spiro atoms. The topological polar surface area (TPSA) is 75.7 Å². The molecule has 0 fully saturated rings. The van der Waals surface area contributed by atoms with Gasteiger partial charge < -0.3 is 10.1 Å². The number of nitrogens with zero attached hydrogens (tertiary/aromatic N) is 1. The van der Waals surface area contributed by atoms with E-state index in [0.717, 1.165) is 16.1 Å². The third-order valence-corrected chi connectivity index (χ3v) is 5.11. The predicted molar refractivity (Wildman–Crippen MR) is 105 cm³/mol. The van der Waals surface area contributed by atoms with Gasteiger partial charge in [0.2, 0.25) is 15.9 Å². The van der Waals surface area contributed by atoms with E-state index in [0.29, 0.717) is 22.7 Å². The lowest BCUT2D eigenvalue weighted by Crippen LogP contribution is -2.38. The molecule has 0 heterocycles. The Hall–Kier alpha value is -2.25. The van der Waals surface area contributed by atoms with Crippen LogP contribution in [0.15, 0.2) is 36.4 Å². The van der Waals surface area contributed by atoms with E-state index in [1.807, 2.05) is 13.0 Å². The van der Waals surface area contributed by atoms with Crippen molar-refractivity contribution in [1.82, 2.24) is 0 Å². The number of hydrogen-bond acceptors (Lipinski definition) is 4. The fourth-order valence-corrected chi connectivity index (χ4v) is 3.99. The largest absolute Gasteiger partial charge is 0.497 e. The summed E-state index contributed by atoms with van der Waals surface area (Å²) < 4.78 is 30.6. The summed E-state index contributed by atoms with van der Waals surface area (Å²) in [5.74, 6) is 0.180. The lowest BCUT2D eigenvalue weighted by atomic mass is 10.1.